The fourth-order valence-corrected chi connectivity index (χ4v) is 3.99. The van der Waals surface area contributed by atoms with Crippen molar-refractivity contribution in [2.45, 2.75) is 31.8 Å². The zero-order valence-electron chi connectivity index (χ0n) is 15.7. The summed E-state index contributed by atoms with van der Waals surface area (Å²) in [5.41, 5.74) is 7.43. The summed E-state index contributed by atoms with van der Waals surface area (Å²) in [5.74, 6) is 0.305. The maximum atomic E-state index is 12.3. The molecule has 0 fully saturated rings. The molecule has 2 aromatic heterocycles. The third kappa shape index (κ3) is 4.76. The second-order valence-corrected chi connectivity index (χ2v) is 8.36. The molecule has 0 radical (unpaired) electrons. The number of thioether (sulfide) groups is 1. The molecule has 3 rings (SSSR count). The Bertz CT molecular complexity index is 1060. The number of carbonyl (C=O) groups excluding carboxylic acids is 1. The molecule has 28 heavy (non-hydrogen) atoms. The van der Waals surface area contributed by atoms with Crippen LogP contribution in [0, 0.1) is 6.92 Å². The first-order valence-corrected chi connectivity index (χ1v) is 10.4. The minimum Gasteiger partial charge on any atom is -0.385 e. The number of nitrogens with zero attached hydrogens (tertiary/aromatic N) is 4. The van der Waals surface area contributed by atoms with Crippen LogP contribution >= 0.6 is 23.1 Å². The number of hydrogen-bond donors (Lipinski definition) is 2. The number of nitrogen functional groups attached to an aromatic ring is 1. The van der Waals surface area contributed by atoms with Crippen molar-refractivity contribution in [2.24, 2.45) is 0 Å². The van der Waals surface area contributed by atoms with Gasteiger partial charge in [-0.25, -0.2) is 0 Å². The molecule has 0 bridgehead atoms. The first kappa shape index (κ1) is 20.0. The van der Waals surface area contributed by atoms with E-state index in [2.05, 4.69) is 20.5 Å². The summed E-state index contributed by atoms with van der Waals surface area (Å²) in [6.45, 7) is 5.99. The van der Waals surface area contributed by atoms with E-state index in [0.29, 0.717) is 10.3 Å². The zero-order valence-corrected chi connectivity index (χ0v) is 17.3. The van der Waals surface area contributed by atoms with E-state index < -0.39 is 5.56 Å². The Hall–Kier alpha value is -2.72. The van der Waals surface area contributed by atoms with Crippen molar-refractivity contribution in [2.75, 3.05) is 16.8 Å². The Morgan fingerprint density at radius 1 is 1.32 bits per heavy atom. The predicted octanol–water partition coefficient (Wildman–Crippen LogP) is 2.83. The molecule has 146 valence electrons. The van der Waals surface area contributed by atoms with Crippen LogP contribution in [0.4, 0.5) is 10.9 Å². The molecular formula is C18H20N6O2S2. The molecule has 0 aliphatic rings. The highest BCUT2D eigenvalue weighted by Gasteiger charge is 2.14. The minimum absolute atomic E-state index is 0.0539. The number of benzene rings is 1. The highest BCUT2D eigenvalue weighted by molar-refractivity contribution is 7.99. The molecule has 8 nitrogen and oxygen atoms in total. The van der Waals surface area contributed by atoms with Crippen molar-refractivity contribution in [3.05, 3.63) is 51.3 Å². The third-order valence-corrected chi connectivity index (χ3v) is 5.78. The number of nitrogens with one attached hydrogen (secondary N) is 1. The third-order valence-electron chi connectivity index (χ3n) is 3.70. The molecule has 0 aliphatic heterocycles. The van der Waals surface area contributed by atoms with Gasteiger partial charge in [0, 0.05) is 17.7 Å². The highest BCUT2D eigenvalue weighted by atomic mass is 32.2. The largest absolute Gasteiger partial charge is 0.385 e. The van der Waals surface area contributed by atoms with Gasteiger partial charge in [0.25, 0.3) is 5.56 Å². The fraction of sp³-hybridized carbons (Fsp3) is 0.278. The summed E-state index contributed by atoms with van der Waals surface area (Å²) in [6, 6.07) is 8.92. The maximum absolute atomic E-state index is 12.3. The smallest absolute Gasteiger partial charge is 0.275 e. The van der Waals surface area contributed by atoms with Crippen LogP contribution in [-0.4, -0.2) is 31.4 Å². The first-order chi connectivity index (χ1) is 13.3. The molecule has 10 heteroatoms. The number of rotatable bonds is 6. The van der Waals surface area contributed by atoms with Crippen molar-refractivity contribution in [1.29, 1.82) is 0 Å². The zero-order chi connectivity index (χ0) is 20.3. The van der Waals surface area contributed by atoms with Crippen LogP contribution in [0.25, 0.3) is 5.69 Å². The molecule has 0 aliphatic carbocycles. The summed E-state index contributed by atoms with van der Waals surface area (Å²) in [4.78, 5) is 28.2. The van der Waals surface area contributed by atoms with Gasteiger partial charge in [-0.05, 0) is 24.6 Å². The molecule has 1 amide bonds. The fourth-order valence-electron chi connectivity index (χ4n) is 2.41. The first-order valence-electron chi connectivity index (χ1n) is 8.56. The lowest BCUT2D eigenvalue weighted by atomic mass is 10.2. The number of nitrogens with two attached hydrogens (primary N) is 1. The highest BCUT2D eigenvalue weighted by Crippen LogP contribution is 2.25. The van der Waals surface area contributed by atoms with Crippen LogP contribution in [0.3, 0.4) is 0 Å². The van der Waals surface area contributed by atoms with Crippen LogP contribution in [-0.2, 0) is 4.79 Å². The Balaban J connectivity index is 1.78. The van der Waals surface area contributed by atoms with E-state index in [4.69, 9.17) is 5.73 Å². The summed E-state index contributed by atoms with van der Waals surface area (Å²) >= 11 is 2.48. The van der Waals surface area contributed by atoms with Crippen LogP contribution < -0.4 is 16.6 Å². The average molecular weight is 417 g/mol. The predicted molar refractivity (Wildman–Crippen MR) is 112 cm³/mol. The molecule has 0 spiro atoms. The SMILES string of the molecule is Cc1cccc(-n2c(N)cc(=O)nc2SCC(=O)Nc2nnc(C(C)C)s2)c1. The van der Waals surface area contributed by atoms with Crippen LogP contribution in [0.5, 0.6) is 0 Å². The Kier molecular flexibility index (Phi) is 6.10. The lowest BCUT2D eigenvalue weighted by molar-refractivity contribution is -0.113. The lowest BCUT2D eigenvalue weighted by Crippen LogP contribution is -2.19. The monoisotopic (exact) mass is 416 g/mol. The average Bonchev–Trinajstić information content (AvgIpc) is 3.08. The second-order valence-electron chi connectivity index (χ2n) is 6.41. The number of carbonyl (C=O) groups is 1. The van der Waals surface area contributed by atoms with Crippen molar-refractivity contribution >= 4 is 40.0 Å². The number of amides is 1. The topological polar surface area (TPSA) is 116 Å². The number of aryl methyl sites for hydroxylation is 1. The Morgan fingerprint density at radius 2 is 2.11 bits per heavy atom. The van der Waals surface area contributed by atoms with Gasteiger partial charge in [-0.2, -0.15) is 4.98 Å². The molecule has 2 heterocycles. The summed E-state index contributed by atoms with van der Waals surface area (Å²) in [7, 11) is 0. The number of hydrogen-bond acceptors (Lipinski definition) is 8. The Morgan fingerprint density at radius 3 is 2.79 bits per heavy atom. The molecule has 3 N–H and O–H groups in total. The van der Waals surface area contributed by atoms with Gasteiger partial charge in [0.05, 0.1) is 5.75 Å². The van der Waals surface area contributed by atoms with Crippen molar-refractivity contribution < 1.29 is 4.79 Å². The molecule has 0 saturated carbocycles. The van der Waals surface area contributed by atoms with Crippen molar-refractivity contribution in [1.82, 2.24) is 19.7 Å². The Labute approximate surface area is 170 Å². The number of aromatic nitrogens is 4. The van der Waals surface area contributed by atoms with E-state index in [9.17, 15) is 9.59 Å². The van der Waals surface area contributed by atoms with E-state index in [-0.39, 0.29) is 23.4 Å². The van der Waals surface area contributed by atoms with Gasteiger partial charge in [-0.3, -0.25) is 19.5 Å². The van der Waals surface area contributed by atoms with E-state index in [1.165, 1.54) is 17.4 Å². The van der Waals surface area contributed by atoms with Crippen LogP contribution in [0.15, 0.2) is 40.3 Å². The van der Waals surface area contributed by atoms with Crippen molar-refractivity contribution in [3.63, 3.8) is 0 Å². The van der Waals surface area contributed by atoms with Gasteiger partial charge < -0.3 is 5.73 Å². The van der Waals surface area contributed by atoms with Gasteiger partial charge in [-0.1, -0.05) is 49.1 Å². The number of anilines is 2. The molecular weight excluding hydrogens is 396 g/mol. The quantitative estimate of drug-likeness (QED) is 0.469. The van der Waals surface area contributed by atoms with E-state index in [1.54, 1.807) is 4.57 Å². The normalized spacial score (nSPS) is 11.0. The van der Waals surface area contributed by atoms with E-state index in [0.717, 1.165) is 28.0 Å². The standard InChI is InChI=1S/C18H20N6O2S2/c1-10(2)16-22-23-17(28-16)20-15(26)9-27-18-21-14(25)8-13(19)24(18)12-6-4-5-11(3)7-12/h4-8,10H,9,19H2,1-3H3,(H,20,23,26). The van der Waals surface area contributed by atoms with E-state index >= 15 is 0 Å². The van der Waals surface area contributed by atoms with Gasteiger partial charge in [-0.15, -0.1) is 10.2 Å². The minimum atomic E-state index is -0.449. The molecule has 0 atom stereocenters. The van der Waals surface area contributed by atoms with Gasteiger partial charge in [0.1, 0.15) is 10.8 Å². The van der Waals surface area contributed by atoms with E-state index in [1.807, 2.05) is 45.0 Å². The van der Waals surface area contributed by atoms with Gasteiger partial charge >= 0.3 is 0 Å². The summed E-state index contributed by atoms with van der Waals surface area (Å²) in [6.07, 6.45) is 0. The second kappa shape index (κ2) is 8.53. The van der Waals surface area contributed by atoms with Crippen LogP contribution in [0.2, 0.25) is 0 Å². The summed E-state index contributed by atoms with van der Waals surface area (Å²) in [5, 5.41) is 12.4. The van der Waals surface area contributed by atoms with Gasteiger partial charge in [0.15, 0.2) is 5.16 Å². The van der Waals surface area contributed by atoms with Crippen molar-refractivity contribution in [3.8, 4) is 5.69 Å². The summed E-state index contributed by atoms with van der Waals surface area (Å²) < 4.78 is 1.66. The molecule has 0 saturated heterocycles. The van der Waals surface area contributed by atoms with Crippen LogP contribution in [0.1, 0.15) is 30.3 Å². The lowest BCUT2D eigenvalue weighted by Gasteiger charge is -2.15. The van der Waals surface area contributed by atoms with Gasteiger partial charge in [0.2, 0.25) is 11.0 Å². The maximum Gasteiger partial charge on any atom is 0.275 e. The molecule has 3 aromatic rings. The molecule has 0 unspecified atom stereocenters. The molecule has 1 aromatic carbocycles.